The fourth-order valence-corrected chi connectivity index (χ4v) is 4.54. The number of carbonyl (C=O) groups is 1. The van der Waals surface area contributed by atoms with Crippen LogP contribution in [0.1, 0.15) is 54.0 Å². The number of pyridine rings is 1. The molecule has 3 heterocycles. The number of rotatable bonds is 6. The molecule has 2 aromatic carbocycles. The molecule has 0 bridgehead atoms. The molecule has 0 radical (unpaired) electrons. The predicted molar refractivity (Wildman–Crippen MR) is 138 cm³/mol. The van der Waals surface area contributed by atoms with Gasteiger partial charge >= 0.3 is 0 Å². The molecule has 2 atom stereocenters. The number of hydrogen-bond donors (Lipinski definition) is 3. The van der Waals surface area contributed by atoms with Gasteiger partial charge in [-0.05, 0) is 52.4 Å². The van der Waals surface area contributed by atoms with E-state index < -0.39 is 5.92 Å². The second-order valence-corrected chi connectivity index (χ2v) is 9.17. The number of anilines is 1. The van der Waals surface area contributed by atoms with E-state index in [2.05, 4.69) is 58.7 Å². The summed E-state index contributed by atoms with van der Waals surface area (Å²) >= 11 is 0. The minimum Gasteiger partial charge on any atom is -0.482 e. The normalized spacial score (nSPS) is 18.0. The highest BCUT2D eigenvalue weighted by atomic mass is 16.5. The molecule has 0 aliphatic carbocycles. The Morgan fingerprint density at radius 2 is 1.77 bits per heavy atom. The molecule has 0 saturated carbocycles. The largest absolute Gasteiger partial charge is 0.482 e. The Morgan fingerprint density at radius 1 is 1.03 bits per heavy atom. The number of amides is 1. The van der Waals surface area contributed by atoms with E-state index in [0.29, 0.717) is 42.5 Å². The van der Waals surface area contributed by atoms with Crippen molar-refractivity contribution >= 4 is 23.0 Å². The van der Waals surface area contributed by atoms with Gasteiger partial charge in [0.05, 0.1) is 30.4 Å². The molecule has 7 nitrogen and oxygen atoms in total. The van der Waals surface area contributed by atoms with Crippen molar-refractivity contribution in [3.63, 3.8) is 0 Å². The molecular formula is C28H29N5O2. The van der Waals surface area contributed by atoms with Crippen molar-refractivity contribution in [3.05, 3.63) is 89.2 Å². The Bertz CT molecular complexity index is 1270. The standard InChI is InChI=1S/C28H29N5O2/c1-17(2)18-3-5-19(6-4-18)24-16-33-22-15-21(7-8-23(22)35-24)25(27-28(34)32-14-13-31-27)26(29)20-9-11-30-12-10-20/h3-12,15,17,24-25,29,33H,13-14,16H2,1-2H3,(H,32,34). The molecule has 2 aliphatic rings. The number of benzene rings is 2. The minimum absolute atomic E-state index is 0.0889. The minimum atomic E-state index is -0.592. The van der Waals surface area contributed by atoms with Crippen molar-refractivity contribution in [2.45, 2.75) is 31.8 Å². The first-order chi connectivity index (χ1) is 17.0. The molecule has 2 aliphatic heterocycles. The van der Waals surface area contributed by atoms with Gasteiger partial charge in [-0.1, -0.05) is 44.2 Å². The topological polar surface area (TPSA) is 99.5 Å². The molecule has 0 spiro atoms. The van der Waals surface area contributed by atoms with Crippen LogP contribution < -0.4 is 15.4 Å². The molecule has 1 amide bonds. The van der Waals surface area contributed by atoms with Crippen molar-refractivity contribution < 1.29 is 9.53 Å². The quantitative estimate of drug-likeness (QED) is 0.466. The zero-order valence-electron chi connectivity index (χ0n) is 19.9. The van der Waals surface area contributed by atoms with Gasteiger partial charge in [0.15, 0.2) is 0 Å². The predicted octanol–water partition coefficient (Wildman–Crippen LogP) is 4.47. The van der Waals surface area contributed by atoms with E-state index in [1.54, 1.807) is 24.5 Å². The van der Waals surface area contributed by atoms with E-state index in [1.165, 1.54) is 5.56 Å². The number of carbonyl (C=O) groups excluding carboxylic acids is 1. The van der Waals surface area contributed by atoms with Crippen LogP contribution in [0.15, 0.2) is 72.0 Å². The Hall–Kier alpha value is -4.00. The second kappa shape index (κ2) is 9.70. The third-order valence-electron chi connectivity index (χ3n) is 6.52. The van der Waals surface area contributed by atoms with Crippen LogP contribution in [0, 0.1) is 5.41 Å². The van der Waals surface area contributed by atoms with E-state index >= 15 is 0 Å². The van der Waals surface area contributed by atoms with Crippen LogP contribution in [0.5, 0.6) is 5.75 Å². The molecule has 2 unspecified atom stereocenters. The molecule has 3 N–H and O–H groups in total. The van der Waals surface area contributed by atoms with E-state index in [4.69, 9.17) is 10.1 Å². The van der Waals surface area contributed by atoms with Crippen LogP contribution >= 0.6 is 0 Å². The average Bonchev–Trinajstić information content (AvgIpc) is 2.90. The fraction of sp³-hybridized carbons (Fsp3) is 0.286. The number of nitrogens with zero attached hydrogens (tertiary/aromatic N) is 2. The Labute approximate surface area is 205 Å². The van der Waals surface area contributed by atoms with Crippen LogP contribution in [0.4, 0.5) is 5.69 Å². The van der Waals surface area contributed by atoms with Crippen LogP contribution in [0.3, 0.4) is 0 Å². The zero-order chi connectivity index (χ0) is 24.4. The maximum absolute atomic E-state index is 12.7. The lowest BCUT2D eigenvalue weighted by Gasteiger charge is -2.29. The van der Waals surface area contributed by atoms with E-state index in [0.717, 1.165) is 22.6 Å². The molecule has 0 fully saturated rings. The summed E-state index contributed by atoms with van der Waals surface area (Å²) in [6, 6.07) is 18.0. The fourth-order valence-electron chi connectivity index (χ4n) is 4.54. The van der Waals surface area contributed by atoms with E-state index in [1.807, 2.05) is 18.2 Å². The van der Waals surface area contributed by atoms with Crippen LogP contribution in [-0.2, 0) is 4.79 Å². The summed E-state index contributed by atoms with van der Waals surface area (Å²) in [6.07, 6.45) is 3.22. The summed E-state index contributed by atoms with van der Waals surface area (Å²) < 4.78 is 6.33. The average molecular weight is 468 g/mol. The van der Waals surface area contributed by atoms with Gasteiger partial charge in [0, 0.05) is 18.9 Å². The summed E-state index contributed by atoms with van der Waals surface area (Å²) in [7, 11) is 0. The third kappa shape index (κ3) is 4.67. The highest BCUT2D eigenvalue weighted by Crippen LogP contribution is 2.37. The lowest BCUT2D eigenvalue weighted by Crippen LogP contribution is -2.42. The summed E-state index contributed by atoms with van der Waals surface area (Å²) in [5.41, 5.74) is 5.47. The van der Waals surface area contributed by atoms with Crippen LogP contribution in [-0.4, -0.2) is 41.9 Å². The number of ether oxygens (including phenoxy) is 1. The summed E-state index contributed by atoms with van der Waals surface area (Å²) in [5, 5.41) is 15.3. The van der Waals surface area contributed by atoms with Gasteiger partial charge in [0.25, 0.3) is 5.91 Å². The molecular weight excluding hydrogens is 438 g/mol. The van der Waals surface area contributed by atoms with E-state index in [9.17, 15) is 4.79 Å². The molecule has 0 saturated heterocycles. The lowest BCUT2D eigenvalue weighted by molar-refractivity contribution is -0.115. The van der Waals surface area contributed by atoms with Gasteiger partial charge in [0.1, 0.15) is 17.6 Å². The first kappa shape index (κ1) is 22.8. The van der Waals surface area contributed by atoms with Crippen molar-refractivity contribution in [2.24, 2.45) is 4.99 Å². The Kier molecular flexibility index (Phi) is 6.31. The highest BCUT2D eigenvalue weighted by molar-refractivity contribution is 6.46. The molecule has 5 rings (SSSR count). The van der Waals surface area contributed by atoms with Gasteiger partial charge < -0.3 is 20.8 Å². The third-order valence-corrected chi connectivity index (χ3v) is 6.52. The first-order valence-corrected chi connectivity index (χ1v) is 12.0. The zero-order valence-corrected chi connectivity index (χ0v) is 19.9. The van der Waals surface area contributed by atoms with Gasteiger partial charge in [-0.15, -0.1) is 0 Å². The SMILES string of the molecule is CC(C)c1ccc(C2CNc3cc(C(C(=N)c4ccncc4)C4=NCCNC4=O)ccc3O2)cc1. The van der Waals surface area contributed by atoms with Gasteiger partial charge in [-0.3, -0.25) is 14.8 Å². The molecule has 178 valence electrons. The molecule has 3 aromatic rings. The summed E-state index contributed by atoms with van der Waals surface area (Å²) in [5.74, 6) is 0.420. The van der Waals surface area contributed by atoms with Crippen LogP contribution in [0.2, 0.25) is 0 Å². The van der Waals surface area contributed by atoms with Crippen molar-refractivity contribution in [1.82, 2.24) is 10.3 Å². The number of aromatic nitrogens is 1. The van der Waals surface area contributed by atoms with Crippen molar-refractivity contribution in [2.75, 3.05) is 25.0 Å². The van der Waals surface area contributed by atoms with Crippen molar-refractivity contribution in [3.8, 4) is 5.75 Å². The maximum Gasteiger partial charge on any atom is 0.266 e. The number of fused-ring (bicyclic) bond motifs is 1. The summed E-state index contributed by atoms with van der Waals surface area (Å²) in [4.78, 5) is 21.3. The first-order valence-electron chi connectivity index (χ1n) is 12.0. The number of aliphatic imine (C=N–C) groups is 1. The van der Waals surface area contributed by atoms with Gasteiger partial charge in [-0.25, -0.2) is 0 Å². The lowest BCUT2D eigenvalue weighted by atomic mass is 9.85. The molecule has 35 heavy (non-hydrogen) atoms. The Morgan fingerprint density at radius 3 is 2.49 bits per heavy atom. The molecule has 1 aromatic heterocycles. The number of hydrogen-bond acceptors (Lipinski definition) is 6. The molecule has 7 heteroatoms. The monoisotopic (exact) mass is 467 g/mol. The maximum atomic E-state index is 12.7. The second-order valence-electron chi connectivity index (χ2n) is 9.17. The van der Waals surface area contributed by atoms with Gasteiger partial charge in [0.2, 0.25) is 0 Å². The van der Waals surface area contributed by atoms with E-state index in [-0.39, 0.29) is 12.0 Å². The highest BCUT2D eigenvalue weighted by Gasteiger charge is 2.32. The van der Waals surface area contributed by atoms with Gasteiger partial charge in [-0.2, -0.15) is 0 Å². The van der Waals surface area contributed by atoms with Crippen molar-refractivity contribution in [1.29, 1.82) is 5.41 Å². The Balaban J connectivity index is 1.44. The summed E-state index contributed by atoms with van der Waals surface area (Å²) in [6.45, 7) is 6.02. The van der Waals surface area contributed by atoms with Crippen LogP contribution in [0.25, 0.3) is 0 Å². The smallest absolute Gasteiger partial charge is 0.266 e. The number of nitrogens with one attached hydrogen (secondary N) is 3.